The predicted octanol–water partition coefficient (Wildman–Crippen LogP) is 3.03. The standard InChI is InChI=1S/C13H9ClN4O/c14-9-4-1-3-8(7-9)12-17-13(19-18-12)10-5-2-6-16-11(10)15/h1-7H,(H2,15,16). The molecule has 0 aliphatic rings. The molecule has 0 aliphatic carbocycles. The van der Waals surface area contributed by atoms with Gasteiger partial charge in [-0.05, 0) is 24.3 Å². The monoisotopic (exact) mass is 272 g/mol. The number of anilines is 1. The van der Waals surface area contributed by atoms with Crippen molar-refractivity contribution in [1.29, 1.82) is 0 Å². The van der Waals surface area contributed by atoms with Crippen LogP contribution in [0.2, 0.25) is 5.02 Å². The number of benzene rings is 1. The van der Waals surface area contributed by atoms with Gasteiger partial charge >= 0.3 is 0 Å². The van der Waals surface area contributed by atoms with Crippen LogP contribution in [-0.4, -0.2) is 15.1 Å². The Hall–Kier alpha value is -2.40. The molecule has 0 fully saturated rings. The molecule has 5 nitrogen and oxygen atoms in total. The number of nitrogens with zero attached hydrogens (tertiary/aromatic N) is 3. The zero-order valence-corrected chi connectivity index (χ0v) is 10.5. The number of nitrogens with two attached hydrogens (primary N) is 1. The third kappa shape index (κ3) is 2.28. The van der Waals surface area contributed by atoms with E-state index in [0.717, 1.165) is 5.56 Å². The lowest BCUT2D eigenvalue weighted by Crippen LogP contribution is -1.92. The van der Waals surface area contributed by atoms with E-state index in [2.05, 4.69) is 15.1 Å². The molecule has 0 amide bonds. The maximum atomic E-state index is 5.93. The maximum absolute atomic E-state index is 5.93. The van der Waals surface area contributed by atoms with Crippen LogP contribution in [0.1, 0.15) is 0 Å². The Bertz CT molecular complexity index is 726. The van der Waals surface area contributed by atoms with Crippen LogP contribution in [0.25, 0.3) is 22.8 Å². The van der Waals surface area contributed by atoms with E-state index in [4.69, 9.17) is 21.9 Å². The third-order valence-electron chi connectivity index (χ3n) is 2.58. The Kier molecular flexibility index (Phi) is 2.89. The highest BCUT2D eigenvalue weighted by atomic mass is 35.5. The van der Waals surface area contributed by atoms with Crippen molar-refractivity contribution >= 4 is 17.4 Å². The topological polar surface area (TPSA) is 77.8 Å². The fraction of sp³-hybridized carbons (Fsp3) is 0. The molecule has 0 unspecified atom stereocenters. The fourth-order valence-electron chi connectivity index (χ4n) is 1.68. The van der Waals surface area contributed by atoms with E-state index in [9.17, 15) is 0 Å². The predicted molar refractivity (Wildman–Crippen MR) is 72.4 cm³/mol. The van der Waals surface area contributed by atoms with E-state index in [1.165, 1.54) is 0 Å². The Morgan fingerprint density at radius 3 is 2.84 bits per heavy atom. The van der Waals surface area contributed by atoms with E-state index in [1.807, 2.05) is 12.1 Å². The molecule has 0 bridgehead atoms. The summed E-state index contributed by atoms with van der Waals surface area (Å²) in [6, 6.07) is 10.8. The minimum atomic E-state index is 0.334. The molecule has 19 heavy (non-hydrogen) atoms. The lowest BCUT2D eigenvalue weighted by Gasteiger charge is -1.97. The molecule has 1 aromatic carbocycles. The summed E-state index contributed by atoms with van der Waals surface area (Å²) in [6.07, 6.45) is 1.60. The minimum absolute atomic E-state index is 0.334. The van der Waals surface area contributed by atoms with Crippen molar-refractivity contribution in [2.24, 2.45) is 0 Å². The second-order valence-electron chi connectivity index (χ2n) is 3.87. The van der Waals surface area contributed by atoms with Gasteiger partial charge in [0.25, 0.3) is 5.89 Å². The highest BCUT2D eigenvalue weighted by Gasteiger charge is 2.13. The summed E-state index contributed by atoms with van der Waals surface area (Å²) in [6.45, 7) is 0. The first kappa shape index (κ1) is 11.7. The second kappa shape index (κ2) is 4.70. The summed E-state index contributed by atoms with van der Waals surface area (Å²) >= 11 is 5.93. The number of rotatable bonds is 2. The van der Waals surface area contributed by atoms with Crippen molar-refractivity contribution < 1.29 is 4.52 Å². The van der Waals surface area contributed by atoms with Crippen LogP contribution in [0.3, 0.4) is 0 Å². The quantitative estimate of drug-likeness (QED) is 0.776. The summed E-state index contributed by atoms with van der Waals surface area (Å²) in [7, 11) is 0. The zero-order chi connectivity index (χ0) is 13.2. The van der Waals surface area contributed by atoms with Crippen LogP contribution >= 0.6 is 11.6 Å². The van der Waals surface area contributed by atoms with E-state index in [1.54, 1.807) is 30.5 Å². The molecule has 2 heterocycles. The van der Waals surface area contributed by atoms with Crippen LogP contribution < -0.4 is 5.73 Å². The molecule has 0 saturated carbocycles. The Balaban J connectivity index is 2.03. The number of hydrogen-bond acceptors (Lipinski definition) is 5. The van der Waals surface area contributed by atoms with Crippen LogP contribution in [0.5, 0.6) is 0 Å². The first-order valence-corrected chi connectivity index (χ1v) is 5.92. The Labute approximate surface area is 114 Å². The van der Waals surface area contributed by atoms with Crippen LogP contribution in [0, 0.1) is 0 Å². The molecule has 0 atom stereocenters. The van der Waals surface area contributed by atoms with Crippen molar-refractivity contribution in [1.82, 2.24) is 15.1 Å². The molecule has 0 radical (unpaired) electrons. The molecular formula is C13H9ClN4O. The van der Waals surface area contributed by atoms with E-state index in [0.29, 0.717) is 28.1 Å². The second-order valence-corrected chi connectivity index (χ2v) is 4.31. The average molecular weight is 273 g/mol. The van der Waals surface area contributed by atoms with Crippen molar-refractivity contribution in [3.63, 3.8) is 0 Å². The summed E-state index contributed by atoms with van der Waals surface area (Å²) in [5.74, 6) is 1.14. The number of aromatic nitrogens is 3. The van der Waals surface area contributed by atoms with E-state index < -0.39 is 0 Å². The van der Waals surface area contributed by atoms with Crippen LogP contribution in [0.4, 0.5) is 5.82 Å². The van der Waals surface area contributed by atoms with Gasteiger partial charge in [-0.3, -0.25) is 0 Å². The van der Waals surface area contributed by atoms with Gasteiger partial charge < -0.3 is 10.3 Å². The highest BCUT2D eigenvalue weighted by molar-refractivity contribution is 6.30. The van der Waals surface area contributed by atoms with Gasteiger partial charge in [-0.15, -0.1) is 0 Å². The first-order valence-electron chi connectivity index (χ1n) is 5.54. The molecule has 0 aliphatic heterocycles. The summed E-state index contributed by atoms with van der Waals surface area (Å²) in [4.78, 5) is 8.28. The highest BCUT2D eigenvalue weighted by Crippen LogP contribution is 2.26. The number of nitrogen functional groups attached to an aromatic ring is 1. The molecular weight excluding hydrogens is 264 g/mol. The minimum Gasteiger partial charge on any atom is -0.383 e. The Morgan fingerprint density at radius 2 is 2.05 bits per heavy atom. The van der Waals surface area contributed by atoms with E-state index in [-0.39, 0.29) is 0 Å². The molecule has 94 valence electrons. The maximum Gasteiger partial charge on any atom is 0.261 e. The van der Waals surface area contributed by atoms with Gasteiger partial charge in [0.15, 0.2) is 0 Å². The van der Waals surface area contributed by atoms with Crippen LogP contribution in [0.15, 0.2) is 47.1 Å². The van der Waals surface area contributed by atoms with Crippen LogP contribution in [-0.2, 0) is 0 Å². The lowest BCUT2D eigenvalue weighted by atomic mass is 10.2. The van der Waals surface area contributed by atoms with Crippen molar-refractivity contribution in [3.05, 3.63) is 47.6 Å². The van der Waals surface area contributed by atoms with Crippen molar-refractivity contribution in [2.75, 3.05) is 5.73 Å². The first-order chi connectivity index (χ1) is 9.24. The molecule has 3 aromatic rings. The average Bonchev–Trinajstić information content (AvgIpc) is 2.89. The van der Waals surface area contributed by atoms with Gasteiger partial charge in [0.2, 0.25) is 5.82 Å². The molecule has 0 spiro atoms. The largest absolute Gasteiger partial charge is 0.383 e. The van der Waals surface area contributed by atoms with Crippen molar-refractivity contribution in [2.45, 2.75) is 0 Å². The summed E-state index contributed by atoms with van der Waals surface area (Å²) in [5.41, 5.74) is 7.16. The molecule has 0 saturated heterocycles. The van der Waals surface area contributed by atoms with Gasteiger partial charge in [0, 0.05) is 16.8 Å². The van der Waals surface area contributed by atoms with Gasteiger partial charge in [-0.2, -0.15) is 4.98 Å². The summed E-state index contributed by atoms with van der Waals surface area (Å²) in [5, 5.41) is 4.53. The van der Waals surface area contributed by atoms with E-state index >= 15 is 0 Å². The number of pyridine rings is 1. The van der Waals surface area contributed by atoms with Gasteiger partial charge in [0.1, 0.15) is 5.82 Å². The molecule has 3 rings (SSSR count). The smallest absolute Gasteiger partial charge is 0.261 e. The number of halogens is 1. The SMILES string of the molecule is Nc1ncccc1-c1nc(-c2cccc(Cl)c2)no1. The van der Waals surface area contributed by atoms with Gasteiger partial charge in [-0.1, -0.05) is 28.9 Å². The fourth-order valence-corrected chi connectivity index (χ4v) is 1.87. The summed E-state index contributed by atoms with van der Waals surface area (Å²) < 4.78 is 5.20. The Morgan fingerprint density at radius 1 is 1.16 bits per heavy atom. The molecule has 2 N–H and O–H groups in total. The van der Waals surface area contributed by atoms with Gasteiger partial charge in [-0.25, -0.2) is 4.98 Å². The van der Waals surface area contributed by atoms with Gasteiger partial charge in [0.05, 0.1) is 5.56 Å². The molecule has 2 aromatic heterocycles. The number of hydrogen-bond donors (Lipinski definition) is 1. The van der Waals surface area contributed by atoms with Crippen molar-refractivity contribution in [3.8, 4) is 22.8 Å². The third-order valence-corrected chi connectivity index (χ3v) is 2.81. The lowest BCUT2D eigenvalue weighted by molar-refractivity contribution is 0.432. The zero-order valence-electron chi connectivity index (χ0n) is 9.75. The molecule has 6 heteroatoms. The normalized spacial score (nSPS) is 10.6.